The molecule has 2 atom stereocenters. The van der Waals surface area contributed by atoms with Gasteiger partial charge in [-0.25, -0.2) is 0 Å². The molecule has 0 heterocycles. The van der Waals surface area contributed by atoms with Crippen LogP contribution in [0.5, 0.6) is 0 Å². The molecule has 0 aromatic carbocycles. The Morgan fingerprint density at radius 1 is 1.28 bits per heavy atom. The van der Waals surface area contributed by atoms with Crippen LogP contribution in [0.1, 0.15) is 86.5 Å². The maximum absolute atomic E-state index is 5.89. The van der Waals surface area contributed by atoms with Crippen LogP contribution in [-0.2, 0) is 0 Å². The van der Waals surface area contributed by atoms with Gasteiger partial charge in [-0.1, -0.05) is 57.4 Å². The first kappa shape index (κ1) is 22.2. The summed E-state index contributed by atoms with van der Waals surface area (Å²) in [6.07, 6.45) is 12.7. The van der Waals surface area contributed by atoms with E-state index < -0.39 is 0 Å². The molecule has 0 amide bonds. The fourth-order valence-electron chi connectivity index (χ4n) is 4.10. The topological polar surface area (TPSA) is 12.4 Å². The fourth-order valence-corrected chi connectivity index (χ4v) is 4.16. The van der Waals surface area contributed by atoms with Crippen LogP contribution in [-0.4, -0.2) is 5.71 Å². The smallest absolute Gasteiger partial charge is 0.0372 e. The van der Waals surface area contributed by atoms with Crippen molar-refractivity contribution in [2.45, 2.75) is 86.5 Å². The van der Waals surface area contributed by atoms with Gasteiger partial charge in [-0.2, -0.15) is 0 Å². The van der Waals surface area contributed by atoms with E-state index in [1.807, 2.05) is 26.0 Å². The first-order valence-electron chi connectivity index (χ1n) is 9.85. The van der Waals surface area contributed by atoms with Gasteiger partial charge in [0.15, 0.2) is 0 Å². The molecule has 0 aromatic rings. The van der Waals surface area contributed by atoms with Gasteiger partial charge in [0.2, 0.25) is 0 Å². The van der Waals surface area contributed by atoms with E-state index in [1.54, 1.807) is 0 Å². The van der Waals surface area contributed by atoms with Gasteiger partial charge in [-0.3, -0.25) is 4.99 Å². The predicted octanol–water partition coefficient (Wildman–Crippen LogP) is 8.07. The van der Waals surface area contributed by atoms with Crippen LogP contribution in [0.25, 0.3) is 0 Å². The molecular weight excluding hydrogens is 326 g/mol. The zero-order valence-electron chi connectivity index (χ0n) is 17.3. The molecule has 0 radical (unpaired) electrons. The van der Waals surface area contributed by atoms with Crippen molar-refractivity contribution in [2.24, 2.45) is 22.2 Å². The summed E-state index contributed by atoms with van der Waals surface area (Å²) in [5.41, 5.74) is 4.14. The number of nitrogens with zero attached hydrogens (tertiary/aromatic N) is 1. The van der Waals surface area contributed by atoms with Gasteiger partial charge < -0.3 is 0 Å². The molecular formula is C23H38ClN. The van der Waals surface area contributed by atoms with E-state index >= 15 is 0 Å². The van der Waals surface area contributed by atoms with Gasteiger partial charge in [0, 0.05) is 22.4 Å². The van der Waals surface area contributed by atoms with E-state index in [2.05, 4.69) is 34.3 Å². The lowest BCUT2D eigenvalue weighted by Crippen LogP contribution is -2.23. The van der Waals surface area contributed by atoms with Crippen LogP contribution in [0.15, 0.2) is 40.0 Å². The third-order valence-electron chi connectivity index (χ3n) is 5.41. The lowest BCUT2D eigenvalue weighted by atomic mass is 9.70. The first-order valence-corrected chi connectivity index (χ1v) is 10.2. The molecule has 1 nitrogen and oxygen atoms in total. The standard InChI is InChI=1S/C23H38ClN/c1-8-22(20(5)25-19(4)12-11-18(3)24)15-17(2)14-21-10-9-13-23(6,7)16-21/h11-12,21-22H,2,8-10,13-16H2,1,3-7H3/b18-11+,19-12+,25-20?. The zero-order valence-corrected chi connectivity index (χ0v) is 18.0. The largest absolute Gasteiger partial charge is 0.263 e. The third-order valence-corrected chi connectivity index (χ3v) is 5.54. The fraction of sp³-hybridized carbons (Fsp3) is 0.696. The second-order valence-electron chi connectivity index (χ2n) is 8.70. The normalized spacial score (nSPS) is 23.5. The molecule has 142 valence electrons. The molecule has 0 spiro atoms. The predicted molar refractivity (Wildman–Crippen MR) is 114 cm³/mol. The molecule has 2 unspecified atom stereocenters. The highest BCUT2D eigenvalue weighted by Crippen LogP contribution is 2.41. The molecule has 1 saturated carbocycles. The summed E-state index contributed by atoms with van der Waals surface area (Å²) in [5.74, 6) is 1.32. The highest BCUT2D eigenvalue weighted by Gasteiger charge is 2.28. The summed E-state index contributed by atoms with van der Waals surface area (Å²) in [5, 5.41) is 0.781. The van der Waals surface area contributed by atoms with Crippen LogP contribution in [0.3, 0.4) is 0 Å². The third kappa shape index (κ3) is 8.90. The number of hydrogen-bond donors (Lipinski definition) is 0. The van der Waals surface area contributed by atoms with Gasteiger partial charge in [-0.15, -0.1) is 0 Å². The van der Waals surface area contributed by atoms with Gasteiger partial charge in [0.05, 0.1) is 0 Å². The Hall–Kier alpha value is -0.820. The van der Waals surface area contributed by atoms with Gasteiger partial charge >= 0.3 is 0 Å². The van der Waals surface area contributed by atoms with Crippen molar-refractivity contribution in [3.8, 4) is 0 Å². The zero-order chi connectivity index (χ0) is 19.0. The Morgan fingerprint density at radius 2 is 1.96 bits per heavy atom. The maximum Gasteiger partial charge on any atom is 0.0372 e. The second kappa shape index (κ2) is 10.4. The molecule has 0 N–H and O–H groups in total. The summed E-state index contributed by atoms with van der Waals surface area (Å²) < 4.78 is 0. The Morgan fingerprint density at radius 3 is 2.52 bits per heavy atom. The average molecular weight is 364 g/mol. The van der Waals surface area contributed by atoms with Crippen molar-refractivity contribution in [1.82, 2.24) is 0 Å². The Labute approximate surface area is 161 Å². The van der Waals surface area contributed by atoms with Crippen molar-refractivity contribution in [3.63, 3.8) is 0 Å². The molecule has 0 aromatic heterocycles. The van der Waals surface area contributed by atoms with E-state index in [1.165, 1.54) is 43.4 Å². The highest BCUT2D eigenvalue weighted by molar-refractivity contribution is 6.29. The van der Waals surface area contributed by atoms with E-state index in [0.717, 1.165) is 29.5 Å². The summed E-state index contributed by atoms with van der Waals surface area (Å²) >= 11 is 5.89. The molecule has 1 aliphatic carbocycles. The van der Waals surface area contributed by atoms with Crippen LogP contribution >= 0.6 is 11.6 Å². The van der Waals surface area contributed by atoms with Crippen molar-refractivity contribution in [1.29, 1.82) is 0 Å². The van der Waals surface area contributed by atoms with E-state index in [9.17, 15) is 0 Å². The minimum absolute atomic E-state index is 0.494. The van der Waals surface area contributed by atoms with Crippen molar-refractivity contribution < 1.29 is 0 Å². The van der Waals surface area contributed by atoms with Gasteiger partial charge in [0.25, 0.3) is 0 Å². The average Bonchev–Trinajstić information content (AvgIpc) is 2.49. The van der Waals surface area contributed by atoms with Crippen LogP contribution in [0.2, 0.25) is 0 Å². The van der Waals surface area contributed by atoms with Crippen molar-refractivity contribution in [3.05, 3.63) is 35.0 Å². The van der Waals surface area contributed by atoms with Gasteiger partial charge in [0.1, 0.15) is 0 Å². The maximum atomic E-state index is 5.89. The molecule has 2 heteroatoms. The quantitative estimate of drug-likeness (QED) is 0.235. The van der Waals surface area contributed by atoms with Crippen LogP contribution in [0.4, 0.5) is 0 Å². The van der Waals surface area contributed by atoms with E-state index in [-0.39, 0.29) is 0 Å². The Kier molecular flexibility index (Phi) is 9.21. The molecule has 1 aliphatic rings. The molecule has 1 fully saturated rings. The lowest BCUT2D eigenvalue weighted by Gasteiger charge is -2.35. The SMILES string of the molecule is C=C(CC1CCCC(C)(C)C1)CC(CC)C(C)=N/C(C)=C/C=C(\C)Cl. The van der Waals surface area contributed by atoms with E-state index in [4.69, 9.17) is 16.6 Å². The Bertz CT molecular complexity index is 532. The summed E-state index contributed by atoms with van der Waals surface area (Å²) in [4.78, 5) is 4.78. The van der Waals surface area contributed by atoms with E-state index in [0.29, 0.717) is 11.3 Å². The summed E-state index contributed by atoms with van der Waals surface area (Å²) in [6, 6.07) is 0. The van der Waals surface area contributed by atoms with Crippen molar-refractivity contribution >= 4 is 17.3 Å². The number of hydrogen-bond acceptors (Lipinski definition) is 1. The minimum atomic E-state index is 0.494. The number of allylic oxidation sites excluding steroid dienone is 5. The number of halogens is 1. The second-order valence-corrected chi connectivity index (χ2v) is 9.30. The van der Waals surface area contributed by atoms with Crippen LogP contribution < -0.4 is 0 Å². The van der Waals surface area contributed by atoms with Gasteiger partial charge in [-0.05, 0) is 76.4 Å². The molecule has 0 aliphatic heterocycles. The lowest BCUT2D eigenvalue weighted by molar-refractivity contribution is 0.179. The molecule has 0 bridgehead atoms. The monoisotopic (exact) mass is 363 g/mol. The molecule has 25 heavy (non-hydrogen) atoms. The first-order chi connectivity index (χ1) is 11.6. The number of rotatable bonds is 8. The van der Waals surface area contributed by atoms with Crippen molar-refractivity contribution in [2.75, 3.05) is 0 Å². The number of aliphatic imine (C=N–C) groups is 1. The summed E-state index contributed by atoms with van der Waals surface area (Å²) in [7, 11) is 0. The molecule has 1 rings (SSSR count). The Balaban J connectivity index is 2.63. The molecule has 0 saturated heterocycles. The minimum Gasteiger partial charge on any atom is -0.263 e. The van der Waals surface area contributed by atoms with Crippen LogP contribution in [0, 0.1) is 17.3 Å². The highest BCUT2D eigenvalue weighted by atomic mass is 35.5. The summed E-state index contributed by atoms with van der Waals surface area (Å²) in [6.45, 7) is 17.6.